The molecule has 0 saturated heterocycles. The third-order valence-electron chi connectivity index (χ3n) is 4.31. The summed E-state index contributed by atoms with van der Waals surface area (Å²) in [4.78, 5) is 16.3. The van der Waals surface area contributed by atoms with E-state index >= 15 is 0 Å². The summed E-state index contributed by atoms with van der Waals surface area (Å²) in [5, 5.41) is 4.09. The zero-order valence-corrected chi connectivity index (χ0v) is 10.7. The molecule has 2 fully saturated rings. The van der Waals surface area contributed by atoms with Crippen molar-refractivity contribution in [2.45, 2.75) is 63.7 Å². The normalized spacial score (nSPS) is 25.8. The van der Waals surface area contributed by atoms with Crippen molar-refractivity contribution in [1.29, 1.82) is 0 Å². The fourth-order valence-electron chi connectivity index (χ4n) is 3.18. The van der Waals surface area contributed by atoms with Gasteiger partial charge in [0.1, 0.15) is 5.78 Å². The molecule has 98 valence electrons. The largest absolute Gasteiger partial charge is 0.339 e. The first-order chi connectivity index (χ1) is 8.83. The number of ketones is 1. The van der Waals surface area contributed by atoms with Gasteiger partial charge in [-0.3, -0.25) is 4.79 Å². The first-order valence-electron chi connectivity index (χ1n) is 7.18. The topological polar surface area (TPSA) is 56.0 Å². The first-order valence-corrected chi connectivity index (χ1v) is 7.18. The summed E-state index contributed by atoms with van der Waals surface area (Å²) in [5.74, 6) is 2.52. The van der Waals surface area contributed by atoms with Gasteiger partial charge in [0.05, 0.1) is 0 Å². The lowest BCUT2D eigenvalue weighted by Crippen LogP contribution is -2.21. The molecule has 1 aromatic rings. The molecule has 0 aromatic carbocycles. The predicted molar refractivity (Wildman–Crippen MR) is 66.2 cm³/mol. The fraction of sp³-hybridized carbons (Fsp3) is 0.786. The molecule has 0 amide bonds. The van der Waals surface area contributed by atoms with Crippen LogP contribution in [-0.4, -0.2) is 15.9 Å². The van der Waals surface area contributed by atoms with E-state index in [-0.39, 0.29) is 5.92 Å². The molecule has 1 aromatic heterocycles. The highest BCUT2D eigenvalue weighted by molar-refractivity contribution is 5.81. The molecule has 2 aliphatic rings. The van der Waals surface area contributed by atoms with Crippen LogP contribution in [0.4, 0.5) is 0 Å². The highest BCUT2D eigenvalue weighted by Gasteiger charge is 2.26. The molecule has 1 heterocycles. The monoisotopic (exact) mass is 248 g/mol. The molecule has 0 N–H and O–H groups in total. The van der Waals surface area contributed by atoms with Crippen molar-refractivity contribution in [1.82, 2.24) is 10.1 Å². The molecule has 2 saturated carbocycles. The Hall–Kier alpha value is -1.19. The van der Waals surface area contributed by atoms with Crippen molar-refractivity contribution in [3.05, 3.63) is 11.7 Å². The van der Waals surface area contributed by atoms with Crippen molar-refractivity contribution in [3.63, 3.8) is 0 Å². The fourth-order valence-corrected chi connectivity index (χ4v) is 3.18. The van der Waals surface area contributed by atoms with E-state index < -0.39 is 0 Å². The number of nitrogens with zero attached hydrogens (tertiary/aromatic N) is 2. The van der Waals surface area contributed by atoms with E-state index in [0.717, 1.165) is 31.5 Å². The number of Topliss-reactive ketones (excluding diaryl/α,β-unsaturated/α-hetero) is 1. The number of carbonyl (C=O) groups excluding carboxylic acids is 1. The third-order valence-corrected chi connectivity index (χ3v) is 4.31. The second-order valence-electron chi connectivity index (χ2n) is 5.64. The Kier molecular flexibility index (Phi) is 3.43. The average molecular weight is 248 g/mol. The van der Waals surface area contributed by atoms with Crippen LogP contribution in [0.1, 0.15) is 69.0 Å². The Morgan fingerprint density at radius 2 is 1.89 bits per heavy atom. The van der Waals surface area contributed by atoms with Crippen LogP contribution in [0.3, 0.4) is 0 Å². The zero-order valence-electron chi connectivity index (χ0n) is 10.7. The highest BCUT2D eigenvalue weighted by Crippen LogP contribution is 2.32. The number of carbonyl (C=O) groups is 1. The lowest BCUT2D eigenvalue weighted by atomic mass is 9.86. The van der Waals surface area contributed by atoms with Crippen molar-refractivity contribution in [3.8, 4) is 0 Å². The molecule has 0 spiro atoms. The quantitative estimate of drug-likeness (QED) is 0.825. The number of rotatable bonds is 3. The third kappa shape index (κ3) is 2.47. The molecule has 0 radical (unpaired) electrons. The lowest BCUT2D eigenvalue weighted by Gasteiger charge is -2.18. The molecule has 4 heteroatoms. The van der Waals surface area contributed by atoms with Crippen LogP contribution in [0.2, 0.25) is 0 Å². The average Bonchev–Trinajstić information content (AvgIpc) is 3.02. The van der Waals surface area contributed by atoms with E-state index in [2.05, 4.69) is 10.1 Å². The van der Waals surface area contributed by atoms with E-state index in [1.807, 2.05) is 0 Å². The molecule has 0 aliphatic heterocycles. The lowest BCUT2D eigenvalue weighted by molar-refractivity contribution is -0.124. The van der Waals surface area contributed by atoms with E-state index in [0.29, 0.717) is 24.0 Å². The van der Waals surface area contributed by atoms with Gasteiger partial charge in [0, 0.05) is 24.7 Å². The Bertz CT molecular complexity index is 421. The Morgan fingerprint density at radius 3 is 2.67 bits per heavy atom. The van der Waals surface area contributed by atoms with Gasteiger partial charge in [0.15, 0.2) is 5.82 Å². The van der Waals surface area contributed by atoms with Gasteiger partial charge in [0.2, 0.25) is 5.89 Å². The van der Waals surface area contributed by atoms with Crippen LogP contribution in [0.25, 0.3) is 0 Å². The van der Waals surface area contributed by atoms with Crippen molar-refractivity contribution in [2.24, 2.45) is 5.92 Å². The smallest absolute Gasteiger partial charge is 0.227 e. The molecule has 18 heavy (non-hydrogen) atoms. The predicted octanol–water partition coefficient (Wildman–Crippen LogP) is 3.03. The van der Waals surface area contributed by atoms with Crippen LogP contribution in [-0.2, 0) is 11.2 Å². The summed E-state index contributed by atoms with van der Waals surface area (Å²) in [6.45, 7) is 0. The van der Waals surface area contributed by atoms with E-state index in [1.165, 1.54) is 25.7 Å². The molecular formula is C14H20N2O2. The van der Waals surface area contributed by atoms with Gasteiger partial charge in [-0.05, 0) is 25.7 Å². The molecule has 3 rings (SSSR count). The molecule has 4 nitrogen and oxygen atoms in total. The van der Waals surface area contributed by atoms with Crippen LogP contribution in [0.5, 0.6) is 0 Å². The Morgan fingerprint density at radius 1 is 1.11 bits per heavy atom. The minimum atomic E-state index is 0.121. The van der Waals surface area contributed by atoms with E-state index in [1.54, 1.807) is 0 Å². The molecule has 2 aliphatic carbocycles. The summed E-state index contributed by atoms with van der Waals surface area (Å²) in [6.07, 6.45) is 9.48. The minimum Gasteiger partial charge on any atom is -0.339 e. The van der Waals surface area contributed by atoms with Gasteiger partial charge in [0.25, 0.3) is 0 Å². The van der Waals surface area contributed by atoms with Crippen LogP contribution in [0.15, 0.2) is 4.52 Å². The van der Waals surface area contributed by atoms with Gasteiger partial charge < -0.3 is 4.52 Å². The van der Waals surface area contributed by atoms with Gasteiger partial charge in [-0.25, -0.2) is 0 Å². The summed E-state index contributed by atoms with van der Waals surface area (Å²) in [7, 11) is 0. The summed E-state index contributed by atoms with van der Waals surface area (Å²) >= 11 is 0. The summed E-state index contributed by atoms with van der Waals surface area (Å²) in [6, 6.07) is 0. The maximum atomic E-state index is 11.8. The van der Waals surface area contributed by atoms with Crippen molar-refractivity contribution in [2.75, 3.05) is 0 Å². The maximum absolute atomic E-state index is 11.8. The van der Waals surface area contributed by atoms with Gasteiger partial charge in [-0.1, -0.05) is 24.4 Å². The molecular weight excluding hydrogens is 228 g/mol. The van der Waals surface area contributed by atoms with Gasteiger partial charge >= 0.3 is 0 Å². The van der Waals surface area contributed by atoms with Crippen molar-refractivity contribution >= 4 is 5.78 Å². The summed E-state index contributed by atoms with van der Waals surface area (Å²) in [5.41, 5.74) is 0. The Balaban J connectivity index is 1.64. The number of hydrogen-bond donors (Lipinski definition) is 0. The molecule has 0 bridgehead atoms. The zero-order chi connectivity index (χ0) is 12.4. The number of aromatic nitrogens is 2. The van der Waals surface area contributed by atoms with Crippen molar-refractivity contribution < 1.29 is 9.32 Å². The first kappa shape index (κ1) is 11.9. The maximum Gasteiger partial charge on any atom is 0.227 e. The van der Waals surface area contributed by atoms with Crippen LogP contribution in [0, 0.1) is 5.92 Å². The van der Waals surface area contributed by atoms with Gasteiger partial charge in [-0.15, -0.1) is 0 Å². The summed E-state index contributed by atoms with van der Waals surface area (Å²) < 4.78 is 5.31. The Labute approximate surface area is 107 Å². The van der Waals surface area contributed by atoms with Gasteiger partial charge in [-0.2, -0.15) is 4.98 Å². The highest BCUT2D eigenvalue weighted by atomic mass is 16.5. The van der Waals surface area contributed by atoms with Crippen LogP contribution < -0.4 is 0 Å². The minimum absolute atomic E-state index is 0.121. The SMILES string of the molecule is O=C1CCCCC1Cc1nc(C2CCCC2)no1. The molecule has 1 atom stereocenters. The van der Waals surface area contributed by atoms with E-state index in [4.69, 9.17) is 4.52 Å². The molecule has 1 unspecified atom stereocenters. The van der Waals surface area contributed by atoms with Crippen LogP contribution >= 0.6 is 0 Å². The van der Waals surface area contributed by atoms with E-state index in [9.17, 15) is 4.79 Å². The second-order valence-corrected chi connectivity index (χ2v) is 5.64. The standard InChI is InChI=1S/C14H20N2O2/c17-12-8-4-3-7-11(12)9-13-15-14(16-18-13)10-5-1-2-6-10/h10-11H,1-9H2. The number of hydrogen-bond acceptors (Lipinski definition) is 4. The second kappa shape index (κ2) is 5.21.